The van der Waals surface area contributed by atoms with Crippen LogP contribution in [0.2, 0.25) is 0 Å². The van der Waals surface area contributed by atoms with Crippen molar-refractivity contribution in [2.45, 2.75) is 51.4 Å². The summed E-state index contributed by atoms with van der Waals surface area (Å²) in [6, 6.07) is 15.3. The molecule has 8 heteroatoms. The van der Waals surface area contributed by atoms with E-state index in [1.54, 1.807) is 0 Å². The van der Waals surface area contributed by atoms with E-state index in [0.29, 0.717) is 46.1 Å². The third-order valence-corrected chi connectivity index (χ3v) is 10.3. The monoisotopic (exact) mass is 644 g/mol. The van der Waals surface area contributed by atoms with Gasteiger partial charge in [0, 0.05) is 59.0 Å². The third-order valence-electron chi connectivity index (χ3n) is 10.3. The number of carbonyl (C=O) groups is 4. The highest BCUT2D eigenvalue weighted by Gasteiger charge is 2.36. The van der Waals surface area contributed by atoms with E-state index in [0.717, 1.165) is 96.8 Å². The van der Waals surface area contributed by atoms with E-state index < -0.39 is 0 Å². The van der Waals surface area contributed by atoms with Crippen molar-refractivity contribution >= 4 is 66.7 Å². The van der Waals surface area contributed by atoms with Gasteiger partial charge in [0.2, 0.25) is 0 Å². The number of hydrogen-bond donors (Lipinski definition) is 0. The molecule has 0 unspecified atom stereocenters. The van der Waals surface area contributed by atoms with Crippen molar-refractivity contribution in [2.75, 3.05) is 54.4 Å². The maximum Gasteiger partial charge on any atom is 0.261 e. The highest BCUT2D eigenvalue weighted by molar-refractivity contribution is 6.41. The highest BCUT2D eigenvalue weighted by Crippen LogP contribution is 2.46. The summed E-state index contributed by atoms with van der Waals surface area (Å²) in [5.74, 6) is -0.965. The summed E-state index contributed by atoms with van der Waals surface area (Å²) in [7, 11) is 8.26. The summed E-state index contributed by atoms with van der Waals surface area (Å²) in [5, 5.41) is 6.82. The van der Waals surface area contributed by atoms with Crippen LogP contribution >= 0.6 is 0 Å². The van der Waals surface area contributed by atoms with Crippen molar-refractivity contribution in [3.63, 3.8) is 0 Å². The molecule has 8 nitrogen and oxygen atoms in total. The Bertz CT molecular complexity index is 1830. The first-order valence-corrected chi connectivity index (χ1v) is 17.4. The fraction of sp³-hybridized carbons (Fsp3) is 0.400. The van der Waals surface area contributed by atoms with Crippen LogP contribution in [0.25, 0.3) is 43.1 Å². The molecule has 0 atom stereocenters. The van der Waals surface area contributed by atoms with E-state index in [2.05, 4.69) is 38.0 Å². The summed E-state index contributed by atoms with van der Waals surface area (Å²) in [6.45, 7) is 2.88. The Labute approximate surface area is 281 Å². The van der Waals surface area contributed by atoms with Gasteiger partial charge in [-0.05, 0) is 82.3 Å². The Kier molecular flexibility index (Phi) is 8.64. The smallest absolute Gasteiger partial charge is 0.261 e. The zero-order chi connectivity index (χ0) is 33.7. The van der Waals surface area contributed by atoms with Crippen LogP contribution in [-0.2, 0) is 0 Å². The van der Waals surface area contributed by atoms with Gasteiger partial charge in [0.05, 0.1) is 0 Å². The summed E-state index contributed by atoms with van der Waals surface area (Å²) in [4.78, 5) is 62.4. The molecular formula is C40H44N4O4+2. The Balaban J connectivity index is 1.23. The molecule has 0 saturated heterocycles. The zero-order valence-electron chi connectivity index (χ0n) is 28.5. The second-order valence-electron chi connectivity index (χ2n) is 14.1. The van der Waals surface area contributed by atoms with E-state index in [4.69, 9.17) is 0 Å². The number of benzene rings is 5. The molecule has 0 bridgehead atoms. The molecule has 0 aromatic heterocycles. The van der Waals surface area contributed by atoms with Gasteiger partial charge in [-0.3, -0.25) is 29.0 Å². The molecule has 7 rings (SSSR count). The number of fused-ring (bicyclic) bond motifs is 2. The summed E-state index contributed by atoms with van der Waals surface area (Å²) < 4.78 is 0. The summed E-state index contributed by atoms with van der Waals surface area (Å²) >= 11 is 0. The largest absolute Gasteiger partial charge is 0.274 e. The Morgan fingerprint density at radius 3 is 0.979 bits per heavy atom. The minimum atomic E-state index is -0.241. The molecule has 4 amide bonds. The van der Waals surface area contributed by atoms with Crippen LogP contribution in [-0.4, -0.2) is 87.8 Å². The molecule has 5 aromatic carbocycles. The molecule has 2 aliphatic heterocycles. The van der Waals surface area contributed by atoms with E-state index in [1.165, 1.54) is 9.80 Å². The lowest BCUT2D eigenvalue weighted by molar-refractivity contribution is 0.0592. The number of nitrogens with zero attached hydrogens (tertiary/aromatic N) is 4. The van der Waals surface area contributed by atoms with Gasteiger partial charge in [-0.25, -0.2) is 0 Å². The van der Waals surface area contributed by atoms with Crippen molar-refractivity contribution in [1.29, 1.82) is 0 Å². The molecule has 48 heavy (non-hydrogen) atoms. The molecule has 246 valence electrons. The summed E-state index contributed by atoms with van der Waals surface area (Å²) in [6.07, 6.45) is 7.82. The van der Waals surface area contributed by atoms with Crippen LogP contribution in [0.1, 0.15) is 92.8 Å². The quantitative estimate of drug-likeness (QED) is 0.0435. The average molecular weight is 645 g/mol. The van der Waals surface area contributed by atoms with Crippen molar-refractivity contribution in [1.82, 2.24) is 19.6 Å². The lowest BCUT2D eigenvalue weighted by Crippen LogP contribution is -2.41. The Hall–Kier alpha value is -4.40. The number of rotatable bonds is 14. The van der Waals surface area contributed by atoms with Gasteiger partial charge in [-0.2, -0.15) is 9.80 Å². The number of amides is 4. The molecular weight excluding hydrogens is 600 g/mol. The lowest BCUT2D eigenvalue weighted by Gasteiger charge is -2.30. The molecule has 2 aliphatic rings. The second-order valence-corrected chi connectivity index (χ2v) is 14.1. The minimum absolute atomic E-state index is 0.241. The molecule has 5 aromatic rings. The lowest BCUT2D eigenvalue weighted by atomic mass is 9.82. The SMILES string of the molecule is C[N+](C)CCCCCCN1C(=O)c2ccc3c4ccc5c6c(ccc(c7ccc(c2c37)C1=O)c64)C(=O)N(CCCCCC[N+](C)C)C5=O. The highest BCUT2D eigenvalue weighted by atomic mass is 16.2. The normalized spacial score (nSPS) is 14.9. The first-order valence-electron chi connectivity index (χ1n) is 17.4. The molecule has 0 fully saturated rings. The standard InChI is InChI=1S/C40H44N4O4/c1-41(2)21-9-5-7-11-23-43-37(45)29-17-13-25-27-15-19-31-36-32(40(48)44(39(31)47)24-12-8-6-10-22-42(3)4)20-16-28(34(27)36)26-14-18-30(38(43)46)35(29)33(25)26/h13-20H,5-12,21-24H2,1-4H3/q+2. The van der Waals surface area contributed by atoms with E-state index in [1.807, 2.05) is 48.5 Å². The maximum atomic E-state index is 13.8. The van der Waals surface area contributed by atoms with Crippen molar-refractivity contribution < 1.29 is 19.2 Å². The third kappa shape index (κ3) is 5.31. The van der Waals surface area contributed by atoms with E-state index in [-0.39, 0.29) is 23.6 Å². The average Bonchev–Trinajstić information content (AvgIpc) is 3.07. The molecule has 0 spiro atoms. The van der Waals surface area contributed by atoms with Crippen LogP contribution in [0.5, 0.6) is 0 Å². The number of unbranched alkanes of at least 4 members (excludes halogenated alkanes) is 6. The first kappa shape index (κ1) is 32.2. The van der Waals surface area contributed by atoms with Crippen molar-refractivity contribution in [2.24, 2.45) is 0 Å². The number of imide groups is 2. The molecule has 0 N–H and O–H groups in total. The molecule has 0 saturated carbocycles. The minimum Gasteiger partial charge on any atom is -0.274 e. The van der Waals surface area contributed by atoms with Gasteiger partial charge in [0.25, 0.3) is 23.6 Å². The first-order chi connectivity index (χ1) is 23.2. The molecule has 2 radical (unpaired) electrons. The van der Waals surface area contributed by atoms with Gasteiger partial charge < -0.3 is 0 Å². The number of carbonyl (C=O) groups excluding carboxylic acids is 4. The van der Waals surface area contributed by atoms with Crippen LogP contribution in [0, 0.1) is 0 Å². The fourth-order valence-corrected chi connectivity index (χ4v) is 7.88. The van der Waals surface area contributed by atoms with Gasteiger partial charge in [0.15, 0.2) is 0 Å². The van der Waals surface area contributed by atoms with Crippen LogP contribution in [0.3, 0.4) is 0 Å². The van der Waals surface area contributed by atoms with E-state index in [9.17, 15) is 19.2 Å². The topological polar surface area (TPSA) is 86.6 Å². The molecule has 0 aliphatic carbocycles. The Morgan fingerprint density at radius 2 is 0.688 bits per heavy atom. The van der Waals surface area contributed by atoms with Gasteiger partial charge in [-0.1, -0.05) is 37.1 Å². The Morgan fingerprint density at radius 1 is 0.396 bits per heavy atom. The van der Waals surface area contributed by atoms with Gasteiger partial charge in [-0.15, -0.1) is 0 Å². The summed E-state index contributed by atoms with van der Waals surface area (Å²) in [5.41, 5.74) is 2.20. The zero-order valence-corrected chi connectivity index (χ0v) is 28.5. The molecule has 2 heterocycles. The van der Waals surface area contributed by atoms with Gasteiger partial charge >= 0.3 is 0 Å². The van der Waals surface area contributed by atoms with Crippen LogP contribution in [0.15, 0.2) is 48.5 Å². The van der Waals surface area contributed by atoms with Crippen LogP contribution in [0.4, 0.5) is 0 Å². The predicted molar refractivity (Wildman–Crippen MR) is 193 cm³/mol. The van der Waals surface area contributed by atoms with Crippen molar-refractivity contribution in [3.05, 3.63) is 70.8 Å². The number of hydrogen-bond acceptors (Lipinski definition) is 6. The van der Waals surface area contributed by atoms with E-state index >= 15 is 0 Å². The van der Waals surface area contributed by atoms with Gasteiger partial charge in [0.1, 0.15) is 41.3 Å². The maximum absolute atomic E-state index is 13.8. The second kappa shape index (κ2) is 12.9. The fourth-order valence-electron chi connectivity index (χ4n) is 7.88. The van der Waals surface area contributed by atoms with Crippen LogP contribution < -0.4 is 9.80 Å². The van der Waals surface area contributed by atoms with Crippen molar-refractivity contribution in [3.8, 4) is 0 Å². The predicted octanol–water partition coefficient (Wildman–Crippen LogP) is 6.85.